The molecular weight excluding hydrogens is 272 g/mol. The SMILES string of the molecule is CCSC1CCCC1N=C1NC2(CCCCC2)CS1. The van der Waals surface area contributed by atoms with Gasteiger partial charge < -0.3 is 5.32 Å². The fraction of sp³-hybridized carbons (Fsp3) is 0.933. The van der Waals surface area contributed by atoms with Crippen LogP contribution in [0.4, 0.5) is 0 Å². The molecule has 2 unspecified atom stereocenters. The molecule has 2 atom stereocenters. The molecule has 0 amide bonds. The van der Waals surface area contributed by atoms with Gasteiger partial charge in [-0.2, -0.15) is 11.8 Å². The maximum atomic E-state index is 5.07. The lowest BCUT2D eigenvalue weighted by molar-refractivity contribution is 0.303. The van der Waals surface area contributed by atoms with Gasteiger partial charge in [-0.3, -0.25) is 4.99 Å². The van der Waals surface area contributed by atoms with Gasteiger partial charge in [-0.15, -0.1) is 0 Å². The zero-order valence-corrected chi connectivity index (χ0v) is 13.6. The van der Waals surface area contributed by atoms with E-state index in [2.05, 4.69) is 24.0 Å². The number of rotatable bonds is 3. The van der Waals surface area contributed by atoms with Gasteiger partial charge in [-0.1, -0.05) is 44.4 Å². The average molecular weight is 299 g/mol. The van der Waals surface area contributed by atoms with Crippen LogP contribution in [0.1, 0.15) is 58.3 Å². The molecule has 108 valence electrons. The lowest BCUT2D eigenvalue weighted by atomic mass is 9.83. The van der Waals surface area contributed by atoms with Gasteiger partial charge in [0.2, 0.25) is 0 Å². The molecule has 1 heterocycles. The fourth-order valence-corrected chi connectivity index (χ4v) is 6.14. The Bertz CT molecular complexity index is 337. The second kappa shape index (κ2) is 6.30. The third-order valence-corrected chi connectivity index (χ3v) is 7.24. The molecule has 1 spiro atoms. The Morgan fingerprint density at radius 1 is 1.26 bits per heavy atom. The summed E-state index contributed by atoms with van der Waals surface area (Å²) in [5, 5.41) is 5.84. The predicted octanol–water partition coefficient (Wildman–Crippen LogP) is 4.06. The molecule has 3 aliphatic rings. The quantitative estimate of drug-likeness (QED) is 0.850. The minimum atomic E-state index is 0.410. The first-order chi connectivity index (χ1) is 9.31. The fourth-order valence-electron chi connectivity index (χ4n) is 3.69. The Balaban J connectivity index is 1.61. The minimum Gasteiger partial charge on any atom is -0.359 e. The standard InChI is InChI=1S/C15H26N2S2/c1-2-18-13-8-6-7-12(13)16-14-17-15(11-19-14)9-4-3-5-10-15/h12-13H,2-11H2,1H3,(H,16,17). The van der Waals surface area contributed by atoms with Gasteiger partial charge in [0, 0.05) is 16.5 Å². The molecule has 0 aromatic heterocycles. The van der Waals surface area contributed by atoms with Crippen molar-refractivity contribution in [1.82, 2.24) is 5.32 Å². The topological polar surface area (TPSA) is 24.4 Å². The van der Waals surface area contributed by atoms with E-state index in [1.807, 2.05) is 11.8 Å². The van der Waals surface area contributed by atoms with E-state index in [4.69, 9.17) is 4.99 Å². The molecule has 2 aliphatic carbocycles. The highest BCUT2D eigenvalue weighted by Crippen LogP contribution is 2.38. The number of amidine groups is 1. The second-order valence-electron chi connectivity index (χ2n) is 6.18. The van der Waals surface area contributed by atoms with Gasteiger partial charge >= 0.3 is 0 Å². The lowest BCUT2D eigenvalue weighted by Gasteiger charge is -2.32. The summed E-state index contributed by atoms with van der Waals surface area (Å²) in [5.74, 6) is 2.49. The molecule has 1 saturated heterocycles. The number of hydrogen-bond donors (Lipinski definition) is 1. The Morgan fingerprint density at radius 3 is 2.89 bits per heavy atom. The van der Waals surface area contributed by atoms with Crippen molar-refractivity contribution < 1.29 is 0 Å². The van der Waals surface area contributed by atoms with Gasteiger partial charge in [-0.25, -0.2) is 0 Å². The molecule has 0 aromatic carbocycles. The summed E-state index contributed by atoms with van der Waals surface area (Å²) < 4.78 is 0. The molecule has 3 fully saturated rings. The van der Waals surface area contributed by atoms with Crippen molar-refractivity contribution in [1.29, 1.82) is 0 Å². The van der Waals surface area contributed by atoms with Crippen LogP contribution in [-0.2, 0) is 0 Å². The summed E-state index contributed by atoms with van der Waals surface area (Å²) in [6.07, 6.45) is 11.0. The van der Waals surface area contributed by atoms with E-state index in [1.54, 1.807) is 0 Å². The van der Waals surface area contributed by atoms with Crippen LogP contribution in [-0.4, -0.2) is 33.5 Å². The van der Waals surface area contributed by atoms with E-state index < -0.39 is 0 Å². The van der Waals surface area contributed by atoms with Gasteiger partial charge in [0.1, 0.15) is 0 Å². The van der Waals surface area contributed by atoms with Crippen molar-refractivity contribution in [2.24, 2.45) is 4.99 Å². The summed E-state index contributed by atoms with van der Waals surface area (Å²) in [6.45, 7) is 2.27. The molecule has 3 rings (SSSR count). The van der Waals surface area contributed by atoms with E-state index in [0.29, 0.717) is 11.6 Å². The third-order valence-electron chi connectivity index (χ3n) is 4.75. The smallest absolute Gasteiger partial charge is 0.157 e. The summed E-state index contributed by atoms with van der Waals surface area (Å²) >= 11 is 4.10. The Morgan fingerprint density at radius 2 is 2.11 bits per heavy atom. The molecule has 1 aliphatic heterocycles. The maximum absolute atomic E-state index is 5.07. The van der Waals surface area contributed by atoms with Gasteiger partial charge in [0.25, 0.3) is 0 Å². The highest BCUT2D eigenvalue weighted by molar-refractivity contribution is 8.14. The van der Waals surface area contributed by atoms with Gasteiger partial charge in [0.15, 0.2) is 5.17 Å². The van der Waals surface area contributed by atoms with Crippen LogP contribution >= 0.6 is 23.5 Å². The molecule has 2 saturated carbocycles. The normalized spacial score (nSPS) is 35.9. The van der Waals surface area contributed by atoms with Crippen LogP contribution in [0.2, 0.25) is 0 Å². The molecule has 1 N–H and O–H groups in total. The lowest BCUT2D eigenvalue weighted by Crippen LogP contribution is -2.45. The Kier molecular flexibility index (Phi) is 4.68. The zero-order valence-electron chi connectivity index (χ0n) is 12.0. The summed E-state index contributed by atoms with van der Waals surface area (Å²) in [6, 6.07) is 0.582. The number of thioether (sulfide) groups is 2. The molecule has 4 heteroatoms. The van der Waals surface area contributed by atoms with Gasteiger partial charge in [-0.05, 0) is 31.4 Å². The predicted molar refractivity (Wildman–Crippen MR) is 88.4 cm³/mol. The van der Waals surface area contributed by atoms with Gasteiger partial charge in [0.05, 0.1) is 6.04 Å². The molecule has 0 bridgehead atoms. The first kappa shape index (κ1) is 14.1. The van der Waals surface area contributed by atoms with Crippen molar-refractivity contribution in [2.45, 2.75) is 75.1 Å². The maximum Gasteiger partial charge on any atom is 0.157 e. The first-order valence-electron chi connectivity index (χ1n) is 7.92. The number of nitrogens with zero attached hydrogens (tertiary/aromatic N) is 1. The van der Waals surface area contributed by atoms with Crippen LogP contribution in [0.5, 0.6) is 0 Å². The van der Waals surface area contributed by atoms with E-state index >= 15 is 0 Å². The van der Waals surface area contributed by atoms with Crippen molar-refractivity contribution in [3.05, 3.63) is 0 Å². The summed E-state index contributed by atoms with van der Waals surface area (Å²) in [5.41, 5.74) is 0.410. The number of aliphatic imine (C=N–C) groups is 1. The van der Waals surface area contributed by atoms with E-state index in [0.717, 1.165) is 5.25 Å². The number of hydrogen-bond acceptors (Lipinski definition) is 3. The van der Waals surface area contributed by atoms with Crippen molar-refractivity contribution >= 4 is 28.7 Å². The van der Waals surface area contributed by atoms with Crippen molar-refractivity contribution in [3.8, 4) is 0 Å². The van der Waals surface area contributed by atoms with E-state index in [9.17, 15) is 0 Å². The second-order valence-corrected chi connectivity index (χ2v) is 8.66. The van der Waals surface area contributed by atoms with Crippen molar-refractivity contribution in [2.75, 3.05) is 11.5 Å². The average Bonchev–Trinajstić information content (AvgIpc) is 3.00. The van der Waals surface area contributed by atoms with Crippen LogP contribution in [0, 0.1) is 0 Å². The molecule has 19 heavy (non-hydrogen) atoms. The Hall–Kier alpha value is 0.170. The summed E-state index contributed by atoms with van der Waals surface area (Å²) in [4.78, 5) is 5.07. The highest BCUT2D eigenvalue weighted by Gasteiger charge is 2.39. The van der Waals surface area contributed by atoms with E-state index in [1.165, 1.54) is 68.0 Å². The van der Waals surface area contributed by atoms with Crippen molar-refractivity contribution in [3.63, 3.8) is 0 Å². The first-order valence-corrected chi connectivity index (χ1v) is 9.95. The molecule has 0 radical (unpaired) electrons. The largest absolute Gasteiger partial charge is 0.359 e. The number of nitrogens with one attached hydrogen (secondary N) is 1. The summed E-state index contributed by atoms with van der Waals surface area (Å²) in [7, 11) is 0. The molecule has 2 nitrogen and oxygen atoms in total. The molecular formula is C15H26N2S2. The van der Waals surface area contributed by atoms with Crippen LogP contribution < -0.4 is 5.32 Å². The third kappa shape index (κ3) is 3.26. The monoisotopic (exact) mass is 298 g/mol. The minimum absolute atomic E-state index is 0.410. The van der Waals surface area contributed by atoms with Crippen LogP contribution in [0.3, 0.4) is 0 Å². The van der Waals surface area contributed by atoms with Crippen LogP contribution in [0.15, 0.2) is 4.99 Å². The zero-order chi connectivity index (χ0) is 13.1. The Labute approximate surface area is 126 Å². The van der Waals surface area contributed by atoms with E-state index in [-0.39, 0.29) is 0 Å². The highest BCUT2D eigenvalue weighted by atomic mass is 32.2. The van der Waals surface area contributed by atoms with Crippen LogP contribution in [0.25, 0.3) is 0 Å². The molecule has 0 aromatic rings.